The van der Waals surface area contributed by atoms with Gasteiger partial charge >= 0.3 is 5.97 Å². The molecule has 0 aliphatic carbocycles. The van der Waals surface area contributed by atoms with Crippen molar-refractivity contribution in [1.82, 2.24) is 4.90 Å². The molecule has 0 aromatic heterocycles. The average Bonchev–Trinajstić information content (AvgIpc) is 2.53. The molecule has 1 amide bonds. The van der Waals surface area contributed by atoms with Gasteiger partial charge in [0.15, 0.2) is 0 Å². The molecular weight excluding hydrogens is 284 g/mol. The Balaban J connectivity index is 1.97. The van der Waals surface area contributed by atoms with E-state index < -0.39 is 11.9 Å². The van der Waals surface area contributed by atoms with Crippen molar-refractivity contribution in [2.45, 2.75) is 25.8 Å². The molecule has 0 radical (unpaired) electrons. The van der Waals surface area contributed by atoms with Gasteiger partial charge in [0.2, 0.25) is 5.91 Å². The maximum absolute atomic E-state index is 12.4. The average molecular weight is 306 g/mol. The van der Waals surface area contributed by atoms with E-state index in [0.29, 0.717) is 12.2 Å². The van der Waals surface area contributed by atoms with E-state index in [0.717, 1.165) is 12.1 Å². The third-order valence-electron chi connectivity index (χ3n) is 4.09. The molecule has 1 aliphatic heterocycles. The molecule has 22 heavy (non-hydrogen) atoms. The molecular formula is C16H22N2O4. The standard InChI is InChI=1S/C16H22N2O4/c1-11-7-8-12(16(20)21)10-18(11)15(19)9-17-13-5-3-4-6-14(13)22-2/h3-6,11-12,17H,7-10H2,1-2H3,(H,20,21). The van der Waals surface area contributed by atoms with Gasteiger partial charge in [0.1, 0.15) is 5.75 Å². The summed E-state index contributed by atoms with van der Waals surface area (Å²) in [6, 6.07) is 7.44. The molecule has 0 bridgehead atoms. The van der Waals surface area contributed by atoms with Crippen molar-refractivity contribution in [3.05, 3.63) is 24.3 Å². The van der Waals surface area contributed by atoms with Gasteiger partial charge < -0.3 is 20.1 Å². The van der Waals surface area contributed by atoms with E-state index >= 15 is 0 Å². The second kappa shape index (κ2) is 7.15. The van der Waals surface area contributed by atoms with E-state index in [9.17, 15) is 9.59 Å². The van der Waals surface area contributed by atoms with E-state index in [-0.39, 0.29) is 25.0 Å². The first kappa shape index (κ1) is 16.1. The van der Waals surface area contributed by atoms with Crippen LogP contribution in [0.3, 0.4) is 0 Å². The number of anilines is 1. The molecule has 0 spiro atoms. The fourth-order valence-electron chi connectivity index (χ4n) is 2.72. The second-order valence-corrected chi connectivity index (χ2v) is 5.56. The van der Waals surface area contributed by atoms with Crippen molar-refractivity contribution in [1.29, 1.82) is 0 Å². The number of ether oxygens (including phenoxy) is 1. The summed E-state index contributed by atoms with van der Waals surface area (Å²) >= 11 is 0. The Kier molecular flexibility index (Phi) is 5.25. The number of rotatable bonds is 5. The second-order valence-electron chi connectivity index (χ2n) is 5.56. The Bertz CT molecular complexity index is 547. The normalized spacial score (nSPS) is 21.3. The van der Waals surface area contributed by atoms with Crippen LogP contribution in [0.2, 0.25) is 0 Å². The van der Waals surface area contributed by atoms with Crippen LogP contribution < -0.4 is 10.1 Å². The van der Waals surface area contributed by atoms with Crippen LogP contribution in [0.25, 0.3) is 0 Å². The minimum Gasteiger partial charge on any atom is -0.495 e. The van der Waals surface area contributed by atoms with Crippen LogP contribution in [0.1, 0.15) is 19.8 Å². The van der Waals surface area contributed by atoms with Gasteiger partial charge in [-0.15, -0.1) is 0 Å². The molecule has 0 saturated carbocycles. The van der Waals surface area contributed by atoms with Crippen LogP contribution in [-0.4, -0.2) is 48.1 Å². The maximum Gasteiger partial charge on any atom is 0.308 e. The van der Waals surface area contributed by atoms with Crippen LogP contribution in [0.15, 0.2) is 24.3 Å². The highest BCUT2D eigenvalue weighted by molar-refractivity contribution is 5.82. The molecule has 2 N–H and O–H groups in total. The van der Waals surface area contributed by atoms with Gasteiger partial charge in [0.05, 0.1) is 25.3 Å². The highest BCUT2D eigenvalue weighted by atomic mass is 16.5. The summed E-state index contributed by atoms with van der Waals surface area (Å²) in [7, 11) is 1.58. The summed E-state index contributed by atoms with van der Waals surface area (Å²) in [5.41, 5.74) is 0.748. The Labute approximate surface area is 130 Å². The van der Waals surface area contributed by atoms with Crippen molar-refractivity contribution >= 4 is 17.6 Å². The summed E-state index contributed by atoms with van der Waals surface area (Å²) in [6.45, 7) is 2.36. The molecule has 1 fully saturated rings. The Morgan fingerprint density at radius 3 is 2.77 bits per heavy atom. The number of hydrogen-bond acceptors (Lipinski definition) is 4. The SMILES string of the molecule is COc1ccccc1NCC(=O)N1CC(C(=O)O)CCC1C. The first-order valence-electron chi connectivity index (χ1n) is 7.42. The summed E-state index contributed by atoms with van der Waals surface area (Å²) in [5.74, 6) is -0.719. The van der Waals surface area contributed by atoms with Gasteiger partial charge in [-0.3, -0.25) is 9.59 Å². The third kappa shape index (κ3) is 3.69. The van der Waals surface area contributed by atoms with Crippen LogP contribution >= 0.6 is 0 Å². The van der Waals surface area contributed by atoms with E-state index in [1.54, 1.807) is 12.0 Å². The number of nitrogens with zero attached hydrogens (tertiary/aromatic N) is 1. The molecule has 6 nitrogen and oxygen atoms in total. The third-order valence-corrected chi connectivity index (χ3v) is 4.09. The summed E-state index contributed by atoms with van der Waals surface area (Å²) in [4.78, 5) is 25.2. The molecule has 1 aromatic rings. The number of nitrogens with one attached hydrogen (secondary N) is 1. The van der Waals surface area contributed by atoms with Crippen molar-refractivity contribution in [3.8, 4) is 5.75 Å². The fourth-order valence-corrected chi connectivity index (χ4v) is 2.72. The number of carbonyl (C=O) groups is 2. The predicted molar refractivity (Wildman–Crippen MR) is 83.0 cm³/mol. The van der Waals surface area contributed by atoms with Crippen LogP contribution in [-0.2, 0) is 9.59 Å². The smallest absolute Gasteiger partial charge is 0.308 e. The number of aliphatic carboxylic acids is 1. The zero-order valence-electron chi connectivity index (χ0n) is 12.9. The highest BCUT2D eigenvalue weighted by Crippen LogP contribution is 2.24. The lowest BCUT2D eigenvalue weighted by molar-refractivity contribution is -0.146. The van der Waals surface area contributed by atoms with Gasteiger partial charge in [-0.25, -0.2) is 0 Å². The summed E-state index contributed by atoms with van der Waals surface area (Å²) in [5, 5.41) is 12.2. The molecule has 6 heteroatoms. The number of carbonyl (C=O) groups excluding carboxylic acids is 1. The predicted octanol–water partition coefficient (Wildman–Crippen LogP) is 1.82. The largest absolute Gasteiger partial charge is 0.495 e. The Hall–Kier alpha value is -2.24. The number of methoxy groups -OCH3 is 1. The molecule has 1 saturated heterocycles. The van der Waals surface area contributed by atoms with Gasteiger partial charge in [-0.2, -0.15) is 0 Å². The lowest BCUT2D eigenvalue weighted by Crippen LogP contribution is -2.49. The van der Waals surface area contributed by atoms with E-state index in [2.05, 4.69) is 5.32 Å². The number of hydrogen-bond donors (Lipinski definition) is 2. The quantitative estimate of drug-likeness (QED) is 0.867. The molecule has 2 unspecified atom stereocenters. The van der Waals surface area contributed by atoms with Crippen molar-refractivity contribution in [2.75, 3.05) is 25.5 Å². The van der Waals surface area contributed by atoms with Crippen molar-refractivity contribution < 1.29 is 19.4 Å². The van der Waals surface area contributed by atoms with Gasteiger partial charge in [-0.1, -0.05) is 12.1 Å². The topological polar surface area (TPSA) is 78.9 Å². The van der Waals surface area contributed by atoms with Gasteiger partial charge in [-0.05, 0) is 31.9 Å². The van der Waals surface area contributed by atoms with Crippen molar-refractivity contribution in [3.63, 3.8) is 0 Å². The summed E-state index contributed by atoms with van der Waals surface area (Å²) in [6.07, 6.45) is 1.34. The van der Waals surface area contributed by atoms with E-state index in [1.807, 2.05) is 31.2 Å². The molecule has 120 valence electrons. The van der Waals surface area contributed by atoms with E-state index in [1.165, 1.54) is 0 Å². The number of piperidine rings is 1. The van der Waals surface area contributed by atoms with Crippen molar-refractivity contribution in [2.24, 2.45) is 5.92 Å². The minimum atomic E-state index is -0.831. The first-order valence-corrected chi connectivity index (χ1v) is 7.42. The molecule has 1 heterocycles. The number of benzene rings is 1. The summed E-state index contributed by atoms with van der Waals surface area (Å²) < 4.78 is 5.23. The number of likely N-dealkylation sites (tertiary alicyclic amines) is 1. The van der Waals surface area contributed by atoms with E-state index in [4.69, 9.17) is 9.84 Å². The minimum absolute atomic E-state index is 0.0718. The fraction of sp³-hybridized carbons (Fsp3) is 0.500. The Morgan fingerprint density at radius 2 is 2.09 bits per heavy atom. The lowest BCUT2D eigenvalue weighted by Gasteiger charge is -2.36. The zero-order chi connectivity index (χ0) is 16.1. The first-order chi connectivity index (χ1) is 10.5. The van der Waals surface area contributed by atoms with Crippen LogP contribution in [0.5, 0.6) is 5.75 Å². The molecule has 2 rings (SSSR count). The van der Waals surface area contributed by atoms with Gasteiger partial charge in [0, 0.05) is 12.6 Å². The zero-order valence-corrected chi connectivity index (χ0v) is 12.9. The number of carboxylic acids is 1. The molecule has 1 aliphatic rings. The van der Waals surface area contributed by atoms with Gasteiger partial charge in [0.25, 0.3) is 0 Å². The van der Waals surface area contributed by atoms with Crippen LogP contribution in [0, 0.1) is 5.92 Å². The monoisotopic (exact) mass is 306 g/mol. The lowest BCUT2D eigenvalue weighted by atomic mass is 9.93. The molecule has 1 aromatic carbocycles. The number of amides is 1. The number of carboxylic acid groups (broad SMARTS) is 1. The van der Waals surface area contributed by atoms with Crippen LogP contribution in [0.4, 0.5) is 5.69 Å². The number of para-hydroxylation sites is 2. The Morgan fingerprint density at radius 1 is 1.36 bits per heavy atom. The maximum atomic E-state index is 12.4. The molecule has 2 atom stereocenters. The highest BCUT2D eigenvalue weighted by Gasteiger charge is 2.32.